The zero-order valence-electron chi connectivity index (χ0n) is 8.45. The summed E-state index contributed by atoms with van der Waals surface area (Å²) in [5.74, 6) is 2.08. The van der Waals surface area contributed by atoms with Gasteiger partial charge < -0.3 is 4.74 Å². The third-order valence-corrected chi connectivity index (χ3v) is 3.23. The predicted molar refractivity (Wildman–Crippen MR) is 50.2 cm³/mol. The molecule has 0 bridgehead atoms. The van der Waals surface area contributed by atoms with Crippen molar-refractivity contribution in [2.45, 2.75) is 45.6 Å². The maximum absolute atomic E-state index is 11.6. The first-order chi connectivity index (χ1) is 6.16. The van der Waals surface area contributed by atoms with Gasteiger partial charge in [0.25, 0.3) is 0 Å². The fourth-order valence-corrected chi connectivity index (χ4v) is 2.39. The summed E-state index contributed by atoms with van der Waals surface area (Å²) in [7, 11) is 0. The summed E-state index contributed by atoms with van der Waals surface area (Å²) in [6.45, 7) is 3.83. The predicted octanol–water partition coefficient (Wildman–Crippen LogP) is 2.37. The normalized spacial score (nSPS) is 37.0. The molecule has 2 aliphatic rings. The van der Waals surface area contributed by atoms with Crippen molar-refractivity contribution >= 4 is 5.97 Å². The number of fused-ring (bicyclic) bond motifs is 1. The highest BCUT2D eigenvalue weighted by molar-refractivity contribution is 5.72. The van der Waals surface area contributed by atoms with E-state index in [1.54, 1.807) is 0 Å². The Hall–Kier alpha value is -0.530. The molecule has 2 heteroatoms. The highest BCUT2D eigenvalue weighted by atomic mass is 16.5. The number of hydrogen-bond acceptors (Lipinski definition) is 2. The Kier molecular flexibility index (Phi) is 2.31. The van der Waals surface area contributed by atoms with Gasteiger partial charge in [-0.3, -0.25) is 4.79 Å². The lowest BCUT2D eigenvalue weighted by molar-refractivity contribution is -0.153. The third-order valence-electron chi connectivity index (χ3n) is 3.23. The molecule has 2 saturated carbocycles. The lowest BCUT2D eigenvalue weighted by Gasteiger charge is -2.20. The molecule has 0 radical (unpaired) electrons. The number of carbonyl (C=O) groups excluding carboxylic acids is 1. The molecule has 0 aromatic heterocycles. The fourth-order valence-electron chi connectivity index (χ4n) is 2.39. The maximum Gasteiger partial charge on any atom is 0.309 e. The summed E-state index contributed by atoms with van der Waals surface area (Å²) in [4.78, 5) is 11.6. The van der Waals surface area contributed by atoms with Crippen LogP contribution in [0.15, 0.2) is 0 Å². The molecule has 0 amide bonds. The van der Waals surface area contributed by atoms with Crippen LogP contribution in [0.1, 0.15) is 39.5 Å². The minimum Gasteiger partial charge on any atom is -0.463 e. The van der Waals surface area contributed by atoms with E-state index in [0.717, 1.165) is 24.7 Å². The molecule has 0 N–H and O–H groups in total. The Morgan fingerprint density at radius 2 is 2.00 bits per heavy atom. The van der Waals surface area contributed by atoms with E-state index >= 15 is 0 Å². The van der Waals surface area contributed by atoms with Gasteiger partial charge in [0.15, 0.2) is 0 Å². The second-order valence-corrected chi connectivity index (χ2v) is 4.75. The number of hydrogen-bond donors (Lipinski definition) is 0. The van der Waals surface area contributed by atoms with Gasteiger partial charge in [-0.25, -0.2) is 0 Å². The minimum atomic E-state index is 0.0420. The number of ether oxygens (including phenoxy) is 1. The lowest BCUT2D eigenvalue weighted by atomic mass is 9.89. The average molecular weight is 182 g/mol. The van der Waals surface area contributed by atoms with Crippen LogP contribution in [0.3, 0.4) is 0 Å². The minimum absolute atomic E-state index is 0.0420. The largest absolute Gasteiger partial charge is 0.463 e. The molecule has 2 fully saturated rings. The van der Waals surface area contributed by atoms with E-state index in [0.29, 0.717) is 0 Å². The van der Waals surface area contributed by atoms with E-state index < -0.39 is 0 Å². The zero-order chi connectivity index (χ0) is 9.42. The molecule has 74 valence electrons. The highest BCUT2D eigenvalue weighted by Crippen LogP contribution is 2.51. The van der Waals surface area contributed by atoms with Gasteiger partial charge in [-0.15, -0.1) is 0 Å². The summed E-state index contributed by atoms with van der Waals surface area (Å²) in [5, 5.41) is 0. The summed E-state index contributed by atoms with van der Waals surface area (Å²) in [6.07, 6.45) is 4.82. The van der Waals surface area contributed by atoms with Crippen LogP contribution in [-0.2, 0) is 9.53 Å². The Balaban J connectivity index is 1.82. The van der Waals surface area contributed by atoms with Crippen molar-refractivity contribution < 1.29 is 9.53 Å². The van der Waals surface area contributed by atoms with Gasteiger partial charge >= 0.3 is 5.97 Å². The van der Waals surface area contributed by atoms with E-state index in [4.69, 9.17) is 4.74 Å². The molecule has 3 unspecified atom stereocenters. The SMILES string of the molecule is CC(C)OC(=O)C1CCC2CC2C1. The Morgan fingerprint density at radius 3 is 2.62 bits per heavy atom. The Bertz CT molecular complexity index is 210. The molecular formula is C11H18O2. The average Bonchev–Trinajstić information content (AvgIpc) is 2.79. The molecule has 2 rings (SSSR count). The first-order valence-electron chi connectivity index (χ1n) is 5.37. The van der Waals surface area contributed by atoms with Crippen LogP contribution in [0, 0.1) is 17.8 Å². The van der Waals surface area contributed by atoms with Crippen molar-refractivity contribution in [3.8, 4) is 0 Å². The smallest absolute Gasteiger partial charge is 0.309 e. The zero-order valence-corrected chi connectivity index (χ0v) is 8.45. The van der Waals surface area contributed by atoms with E-state index in [-0.39, 0.29) is 18.0 Å². The van der Waals surface area contributed by atoms with Crippen molar-refractivity contribution in [3.63, 3.8) is 0 Å². The molecular weight excluding hydrogens is 164 g/mol. The Morgan fingerprint density at radius 1 is 1.23 bits per heavy atom. The monoisotopic (exact) mass is 182 g/mol. The lowest BCUT2D eigenvalue weighted by Crippen LogP contribution is -2.23. The van der Waals surface area contributed by atoms with Crippen molar-refractivity contribution in [1.82, 2.24) is 0 Å². The summed E-state index contributed by atoms with van der Waals surface area (Å²) in [6, 6.07) is 0. The van der Waals surface area contributed by atoms with Crippen LogP contribution in [-0.4, -0.2) is 12.1 Å². The first kappa shape index (κ1) is 9.04. The van der Waals surface area contributed by atoms with Gasteiger partial charge in [0, 0.05) is 0 Å². The van der Waals surface area contributed by atoms with Crippen molar-refractivity contribution in [1.29, 1.82) is 0 Å². The van der Waals surface area contributed by atoms with Gasteiger partial charge in [-0.05, 0) is 51.4 Å². The third kappa shape index (κ3) is 2.04. The van der Waals surface area contributed by atoms with Gasteiger partial charge in [-0.1, -0.05) is 0 Å². The van der Waals surface area contributed by atoms with E-state index in [2.05, 4.69) is 0 Å². The van der Waals surface area contributed by atoms with Crippen molar-refractivity contribution in [2.75, 3.05) is 0 Å². The van der Waals surface area contributed by atoms with Gasteiger partial charge in [0.1, 0.15) is 0 Å². The van der Waals surface area contributed by atoms with Crippen LogP contribution in [0.5, 0.6) is 0 Å². The number of esters is 1. The van der Waals surface area contributed by atoms with E-state index in [9.17, 15) is 4.79 Å². The second kappa shape index (κ2) is 3.32. The number of rotatable bonds is 2. The fraction of sp³-hybridized carbons (Fsp3) is 0.909. The van der Waals surface area contributed by atoms with Gasteiger partial charge in [0.2, 0.25) is 0 Å². The molecule has 2 nitrogen and oxygen atoms in total. The number of carbonyl (C=O) groups is 1. The topological polar surface area (TPSA) is 26.3 Å². The second-order valence-electron chi connectivity index (χ2n) is 4.75. The molecule has 0 spiro atoms. The summed E-state index contributed by atoms with van der Waals surface area (Å²) < 4.78 is 5.22. The van der Waals surface area contributed by atoms with Gasteiger partial charge in [-0.2, -0.15) is 0 Å². The molecule has 2 aliphatic carbocycles. The molecule has 13 heavy (non-hydrogen) atoms. The standard InChI is InChI=1S/C11H18O2/c1-7(2)13-11(12)9-4-3-8-5-10(8)6-9/h7-10H,3-6H2,1-2H3. The summed E-state index contributed by atoms with van der Waals surface area (Å²) >= 11 is 0. The molecule has 0 aromatic rings. The van der Waals surface area contributed by atoms with Gasteiger partial charge in [0.05, 0.1) is 12.0 Å². The van der Waals surface area contributed by atoms with Crippen LogP contribution >= 0.6 is 0 Å². The van der Waals surface area contributed by atoms with Crippen molar-refractivity contribution in [3.05, 3.63) is 0 Å². The van der Waals surface area contributed by atoms with E-state index in [1.165, 1.54) is 12.8 Å². The van der Waals surface area contributed by atoms with Crippen molar-refractivity contribution in [2.24, 2.45) is 17.8 Å². The van der Waals surface area contributed by atoms with Crippen LogP contribution in [0.25, 0.3) is 0 Å². The molecule has 0 heterocycles. The van der Waals surface area contributed by atoms with Crippen LogP contribution < -0.4 is 0 Å². The first-order valence-corrected chi connectivity index (χ1v) is 5.37. The van der Waals surface area contributed by atoms with Crippen LogP contribution in [0.4, 0.5) is 0 Å². The molecule has 0 aromatic carbocycles. The van der Waals surface area contributed by atoms with Crippen LogP contribution in [0.2, 0.25) is 0 Å². The Labute approximate surface area is 79.7 Å². The molecule has 0 saturated heterocycles. The highest BCUT2D eigenvalue weighted by Gasteiger charge is 2.44. The molecule has 3 atom stereocenters. The van der Waals surface area contributed by atoms with E-state index in [1.807, 2.05) is 13.8 Å². The quantitative estimate of drug-likeness (QED) is 0.613. The molecule has 0 aliphatic heterocycles. The maximum atomic E-state index is 11.6. The summed E-state index contributed by atoms with van der Waals surface area (Å²) in [5.41, 5.74) is 0.